The molecule has 0 spiro atoms. The minimum atomic E-state index is -0.199. The van der Waals surface area contributed by atoms with E-state index in [4.69, 9.17) is 5.11 Å². The lowest BCUT2D eigenvalue weighted by Gasteiger charge is -2.04. The average molecular weight is 209 g/mol. The smallest absolute Gasteiger partial charge is 0.0538 e. The summed E-state index contributed by atoms with van der Waals surface area (Å²) < 4.78 is 1.69. The van der Waals surface area contributed by atoms with Gasteiger partial charge in [0, 0.05) is 24.5 Å². The van der Waals surface area contributed by atoms with Crippen molar-refractivity contribution in [3.05, 3.63) is 24.5 Å². The van der Waals surface area contributed by atoms with E-state index in [1.165, 1.54) is 0 Å². The molecule has 0 radical (unpaired) electrons. The van der Waals surface area contributed by atoms with Crippen molar-refractivity contribution in [1.82, 2.24) is 15.1 Å². The summed E-state index contributed by atoms with van der Waals surface area (Å²) in [5.41, 5.74) is 1.15. The topological polar surface area (TPSA) is 50.1 Å². The molecule has 0 aromatic carbocycles. The van der Waals surface area contributed by atoms with Crippen molar-refractivity contribution in [1.29, 1.82) is 0 Å². The molecule has 0 fully saturated rings. The van der Waals surface area contributed by atoms with Crippen molar-refractivity contribution in [3.8, 4) is 0 Å². The summed E-state index contributed by atoms with van der Waals surface area (Å²) in [6, 6.07) is 0. The summed E-state index contributed by atoms with van der Waals surface area (Å²) in [6.07, 6.45) is 7.07. The van der Waals surface area contributed by atoms with Crippen molar-refractivity contribution >= 4 is 6.20 Å². The number of aliphatic hydroxyl groups is 1. The van der Waals surface area contributed by atoms with Gasteiger partial charge in [0.05, 0.1) is 12.3 Å². The molecule has 2 N–H and O–H groups in total. The first-order chi connectivity index (χ1) is 7.22. The van der Waals surface area contributed by atoms with Crippen LogP contribution in [0, 0.1) is 0 Å². The van der Waals surface area contributed by atoms with Crippen molar-refractivity contribution < 1.29 is 5.11 Å². The van der Waals surface area contributed by atoms with E-state index in [0.717, 1.165) is 31.5 Å². The Morgan fingerprint density at radius 1 is 1.73 bits per heavy atom. The Hall–Kier alpha value is -1.13. The van der Waals surface area contributed by atoms with Crippen LogP contribution < -0.4 is 5.32 Å². The number of aromatic nitrogens is 2. The third-order valence-electron chi connectivity index (χ3n) is 2.15. The van der Waals surface area contributed by atoms with Gasteiger partial charge in [-0.15, -0.1) is 0 Å². The summed E-state index contributed by atoms with van der Waals surface area (Å²) in [6.45, 7) is 7.17. The first-order valence-electron chi connectivity index (χ1n) is 5.26. The van der Waals surface area contributed by atoms with Crippen LogP contribution in [0.2, 0.25) is 0 Å². The zero-order valence-corrected chi connectivity index (χ0v) is 9.19. The second-order valence-electron chi connectivity index (χ2n) is 3.68. The third-order valence-corrected chi connectivity index (χ3v) is 2.15. The summed E-state index contributed by atoms with van der Waals surface area (Å²) in [7, 11) is 0. The Morgan fingerprint density at radius 3 is 3.13 bits per heavy atom. The molecule has 1 unspecified atom stereocenters. The van der Waals surface area contributed by atoms with Gasteiger partial charge in [0.2, 0.25) is 0 Å². The molecule has 4 nitrogen and oxygen atoms in total. The van der Waals surface area contributed by atoms with E-state index in [-0.39, 0.29) is 6.10 Å². The molecule has 0 aliphatic heterocycles. The van der Waals surface area contributed by atoms with Gasteiger partial charge in [0.1, 0.15) is 0 Å². The number of rotatable bonds is 7. The lowest BCUT2D eigenvalue weighted by molar-refractivity contribution is 0.181. The maximum absolute atomic E-state index is 9.05. The number of hydrogen-bond acceptors (Lipinski definition) is 3. The normalized spacial score (nSPS) is 12.7. The van der Waals surface area contributed by atoms with Crippen LogP contribution in [0.25, 0.3) is 6.20 Å². The standard InChI is InChI=1S/C11H19N3O/c1-3-14-9-11(8-13-14)7-12-6-4-5-10(2)15/h3,8-10,12,15H,1,4-7H2,2H3. The summed E-state index contributed by atoms with van der Waals surface area (Å²) >= 11 is 0. The maximum atomic E-state index is 9.05. The first kappa shape index (κ1) is 11.9. The van der Waals surface area contributed by atoms with Gasteiger partial charge in [-0.1, -0.05) is 6.58 Å². The van der Waals surface area contributed by atoms with Crippen LogP contribution in [0.4, 0.5) is 0 Å². The van der Waals surface area contributed by atoms with Crippen LogP contribution in [-0.2, 0) is 6.54 Å². The molecule has 84 valence electrons. The molecule has 15 heavy (non-hydrogen) atoms. The largest absolute Gasteiger partial charge is 0.393 e. The summed E-state index contributed by atoms with van der Waals surface area (Å²) in [5.74, 6) is 0. The van der Waals surface area contributed by atoms with E-state index in [1.807, 2.05) is 19.3 Å². The number of nitrogens with zero attached hydrogens (tertiary/aromatic N) is 2. The van der Waals surface area contributed by atoms with Gasteiger partial charge in [-0.05, 0) is 26.3 Å². The second-order valence-corrected chi connectivity index (χ2v) is 3.68. The van der Waals surface area contributed by atoms with Crippen molar-refractivity contribution in [2.75, 3.05) is 6.54 Å². The van der Waals surface area contributed by atoms with Crippen LogP contribution in [-0.4, -0.2) is 27.5 Å². The molecule has 0 bridgehead atoms. The van der Waals surface area contributed by atoms with Gasteiger partial charge in [-0.3, -0.25) is 0 Å². The molecule has 0 saturated carbocycles. The van der Waals surface area contributed by atoms with E-state index in [9.17, 15) is 0 Å². The molecular formula is C11H19N3O. The number of aliphatic hydroxyl groups excluding tert-OH is 1. The highest BCUT2D eigenvalue weighted by Crippen LogP contribution is 1.98. The quantitative estimate of drug-likeness (QED) is 0.664. The predicted molar refractivity (Wildman–Crippen MR) is 61.2 cm³/mol. The summed E-state index contributed by atoms with van der Waals surface area (Å²) in [4.78, 5) is 0. The fraction of sp³-hybridized carbons (Fsp3) is 0.545. The first-order valence-corrected chi connectivity index (χ1v) is 5.26. The molecule has 0 amide bonds. The SMILES string of the molecule is C=Cn1cc(CNCCCC(C)O)cn1. The predicted octanol–water partition coefficient (Wildman–Crippen LogP) is 1.23. The van der Waals surface area contributed by atoms with Gasteiger partial charge in [-0.2, -0.15) is 5.10 Å². The van der Waals surface area contributed by atoms with Gasteiger partial charge in [-0.25, -0.2) is 4.68 Å². The lowest BCUT2D eigenvalue weighted by atomic mass is 10.2. The molecule has 0 saturated heterocycles. The molecule has 1 aromatic heterocycles. The van der Waals surface area contributed by atoms with Crippen LogP contribution in [0.15, 0.2) is 19.0 Å². The van der Waals surface area contributed by atoms with Crippen molar-refractivity contribution in [2.45, 2.75) is 32.4 Å². The van der Waals surface area contributed by atoms with Gasteiger partial charge < -0.3 is 10.4 Å². The molecular weight excluding hydrogens is 190 g/mol. The van der Waals surface area contributed by atoms with E-state index < -0.39 is 0 Å². The molecule has 4 heteroatoms. The van der Waals surface area contributed by atoms with E-state index in [2.05, 4.69) is 17.0 Å². The van der Waals surface area contributed by atoms with Crippen molar-refractivity contribution in [2.24, 2.45) is 0 Å². The van der Waals surface area contributed by atoms with Crippen LogP contribution in [0.1, 0.15) is 25.3 Å². The Morgan fingerprint density at radius 2 is 2.53 bits per heavy atom. The second kappa shape index (κ2) is 6.37. The molecule has 1 aromatic rings. The van der Waals surface area contributed by atoms with Gasteiger partial charge in [0.25, 0.3) is 0 Å². The fourth-order valence-corrected chi connectivity index (χ4v) is 1.32. The minimum absolute atomic E-state index is 0.199. The Labute approximate surface area is 90.6 Å². The van der Waals surface area contributed by atoms with Crippen LogP contribution in [0.3, 0.4) is 0 Å². The summed E-state index contributed by atoms with van der Waals surface area (Å²) in [5, 5.41) is 16.4. The fourth-order valence-electron chi connectivity index (χ4n) is 1.32. The van der Waals surface area contributed by atoms with E-state index >= 15 is 0 Å². The van der Waals surface area contributed by atoms with Crippen LogP contribution >= 0.6 is 0 Å². The molecule has 0 aliphatic rings. The highest BCUT2D eigenvalue weighted by Gasteiger charge is 1.97. The molecule has 1 atom stereocenters. The van der Waals surface area contributed by atoms with E-state index in [0.29, 0.717) is 0 Å². The average Bonchev–Trinajstić information content (AvgIpc) is 2.65. The minimum Gasteiger partial charge on any atom is -0.393 e. The number of hydrogen-bond donors (Lipinski definition) is 2. The zero-order chi connectivity index (χ0) is 11.1. The van der Waals surface area contributed by atoms with Gasteiger partial charge >= 0.3 is 0 Å². The van der Waals surface area contributed by atoms with E-state index in [1.54, 1.807) is 10.9 Å². The van der Waals surface area contributed by atoms with Crippen LogP contribution in [0.5, 0.6) is 0 Å². The van der Waals surface area contributed by atoms with Gasteiger partial charge in [0.15, 0.2) is 0 Å². The third kappa shape index (κ3) is 4.76. The zero-order valence-electron chi connectivity index (χ0n) is 9.19. The highest BCUT2D eigenvalue weighted by molar-refractivity contribution is 5.17. The Kier molecular flexibility index (Phi) is 5.07. The lowest BCUT2D eigenvalue weighted by Crippen LogP contribution is -2.15. The maximum Gasteiger partial charge on any atom is 0.0538 e. The Balaban J connectivity index is 2.12. The Bertz CT molecular complexity index is 294. The monoisotopic (exact) mass is 209 g/mol. The highest BCUT2D eigenvalue weighted by atomic mass is 16.3. The van der Waals surface area contributed by atoms with Crippen molar-refractivity contribution in [3.63, 3.8) is 0 Å². The number of nitrogens with one attached hydrogen (secondary N) is 1. The molecule has 1 rings (SSSR count). The molecule has 1 heterocycles. The molecule has 0 aliphatic carbocycles.